The van der Waals surface area contributed by atoms with Gasteiger partial charge in [-0.3, -0.25) is 14.9 Å². The molecule has 0 radical (unpaired) electrons. The van der Waals surface area contributed by atoms with Gasteiger partial charge in [0.25, 0.3) is 5.91 Å². The lowest BCUT2D eigenvalue weighted by Gasteiger charge is -2.16. The number of amides is 2. The van der Waals surface area contributed by atoms with Crippen LogP contribution in [0, 0.1) is 6.92 Å². The molecule has 29 heavy (non-hydrogen) atoms. The summed E-state index contributed by atoms with van der Waals surface area (Å²) in [5.41, 5.74) is 2.20. The SMILES string of the molecule is Cc1ccc(N2CC(c3nnc(NC(=O)c4c(Cl)cccc4Cl)s3)CC2=O)cc1. The Morgan fingerprint density at radius 2 is 1.83 bits per heavy atom. The number of hydrogen-bond acceptors (Lipinski definition) is 5. The van der Waals surface area contributed by atoms with E-state index < -0.39 is 5.91 Å². The molecule has 1 aliphatic heterocycles. The van der Waals surface area contributed by atoms with E-state index in [1.165, 1.54) is 11.3 Å². The molecule has 4 rings (SSSR count). The molecule has 0 spiro atoms. The first-order valence-electron chi connectivity index (χ1n) is 8.88. The largest absolute Gasteiger partial charge is 0.312 e. The fourth-order valence-corrected chi connectivity index (χ4v) is 4.57. The lowest BCUT2D eigenvalue weighted by molar-refractivity contribution is -0.117. The number of nitrogens with zero attached hydrogens (tertiary/aromatic N) is 3. The fourth-order valence-electron chi connectivity index (χ4n) is 3.17. The number of aromatic nitrogens is 2. The van der Waals surface area contributed by atoms with Gasteiger partial charge < -0.3 is 4.90 Å². The molecule has 1 fully saturated rings. The van der Waals surface area contributed by atoms with E-state index in [9.17, 15) is 9.59 Å². The van der Waals surface area contributed by atoms with E-state index in [4.69, 9.17) is 23.2 Å². The minimum absolute atomic E-state index is 0.0440. The Morgan fingerprint density at radius 1 is 1.14 bits per heavy atom. The minimum Gasteiger partial charge on any atom is -0.312 e. The molecule has 1 aromatic heterocycles. The zero-order chi connectivity index (χ0) is 20.5. The van der Waals surface area contributed by atoms with Crippen molar-refractivity contribution in [3.8, 4) is 0 Å². The Bertz CT molecular complexity index is 1060. The van der Waals surface area contributed by atoms with Crippen LogP contribution in [-0.4, -0.2) is 28.6 Å². The first-order chi connectivity index (χ1) is 13.9. The molecule has 6 nitrogen and oxygen atoms in total. The van der Waals surface area contributed by atoms with Crippen LogP contribution in [0.5, 0.6) is 0 Å². The first kappa shape index (κ1) is 19.8. The van der Waals surface area contributed by atoms with E-state index in [-0.39, 0.29) is 27.4 Å². The molecule has 2 amide bonds. The Balaban J connectivity index is 1.47. The molecule has 0 saturated carbocycles. The lowest BCUT2D eigenvalue weighted by atomic mass is 10.1. The first-order valence-corrected chi connectivity index (χ1v) is 10.5. The van der Waals surface area contributed by atoms with Crippen LogP contribution < -0.4 is 10.2 Å². The average molecular weight is 447 g/mol. The van der Waals surface area contributed by atoms with Gasteiger partial charge in [0.1, 0.15) is 5.01 Å². The van der Waals surface area contributed by atoms with Gasteiger partial charge in [-0.2, -0.15) is 0 Å². The van der Waals surface area contributed by atoms with Crippen LogP contribution in [0.3, 0.4) is 0 Å². The zero-order valence-corrected chi connectivity index (χ0v) is 17.7. The number of hydrogen-bond donors (Lipinski definition) is 1. The second-order valence-corrected chi connectivity index (χ2v) is 8.56. The number of aryl methyl sites for hydroxylation is 1. The molecule has 0 aliphatic carbocycles. The van der Waals surface area contributed by atoms with Crippen molar-refractivity contribution in [3.05, 3.63) is 68.6 Å². The second-order valence-electron chi connectivity index (χ2n) is 6.74. The van der Waals surface area contributed by atoms with Crippen molar-refractivity contribution in [1.29, 1.82) is 0 Å². The van der Waals surface area contributed by atoms with Gasteiger partial charge in [-0.25, -0.2) is 0 Å². The highest BCUT2D eigenvalue weighted by Gasteiger charge is 2.34. The van der Waals surface area contributed by atoms with Gasteiger partial charge >= 0.3 is 0 Å². The maximum absolute atomic E-state index is 12.5. The molecule has 3 aromatic rings. The molecule has 1 unspecified atom stereocenters. The van der Waals surface area contributed by atoms with Crippen LogP contribution in [0.1, 0.15) is 33.3 Å². The summed E-state index contributed by atoms with van der Waals surface area (Å²) >= 11 is 13.4. The van der Waals surface area contributed by atoms with Gasteiger partial charge in [0.2, 0.25) is 11.0 Å². The quantitative estimate of drug-likeness (QED) is 0.616. The number of nitrogens with one attached hydrogen (secondary N) is 1. The Hall–Kier alpha value is -2.48. The van der Waals surface area contributed by atoms with Crippen LogP contribution in [0.2, 0.25) is 10.0 Å². The van der Waals surface area contributed by atoms with E-state index in [1.54, 1.807) is 23.1 Å². The maximum atomic E-state index is 12.5. The van der Waals surface area contributed by atoms with Crippen molar-refractivity contribution in [3.63, 3.8) is 0 Å². The van der Waals surface area contributed by atoms with Crippen LogP contribution >= 0.6 is 34.5 Å². The highest BCUT2D eigenvalue weighted by molar-refractivity contribution is 7.15. The predicted octanol–water partition coefficient (Wildman–Crippen LogP) is 4.93. The van der Waals surface area contributed by atoms with Crippen molar-refractivity contribution >= 4 is 57.2 Å². The van der Waals surface area contributed by atoms with Crippen molar-refractivity contribution < 1.29 is 9.59 Å². The molecule has 0 bridgehead atoms. The molecule has 1 aliphatic rings. The summed E-state index contributed by atoms with van der Waals surface area (Å²) in [5.74, 6) is -0.481. The summed E-state index contributed by atoms with van der Waals surface area (Å²) in [7, 11) is 0. The maximum Gasteiger partial charge on any atom is 0.260 e. The van der Waals surface area contributed by atoms with E-state index in [0.717, 1.165) is 11.3 Å². The molecule has 1 N–H and O–H groups in total. The normalized spacial score (nSPS) is 16.3. The third-order valence-electron chi connectivity index (χ3n) is 4.67. The smallest absolute Gasteiger partial charge is 0.260 e. The summed E-state index contributed by atoms with van der Waals surface area (Å²) in [6.07, 6.45) is 0.354. The monoisotopic (exact) mass is 446 g/mol. The van der Waals surface area contributed by atoms with Crippen LogP contribution in [-0.2, 0) is 4.79 Å². The van der Waals surface area contributed by atoms with Gasteiger partial charge in [0.15, 0.2) is 0 Å². The number of carbonyl (C=O) groups excluding carboxylic acids is 2. The van der Waals surface area contributed by atoms with Crippen molar-refractivity contribution in [2.75, 3.05) is 16.8 Å². The van der Waals surface area contributed by atoms with Gasteiger partial charge in [0.05, 0.1) is 15.6 Å². The molecule has 2 heterocycles. The summed E-state index contributed by atoms with van der Waals surface area (Å²) in [6.45, 7) is 2.53. The summed E-state index contributed by atoms with van der Waals surface area (Å²) < 4.78 is 0. The van der Waals surface area contributed by atoms with Gasteiger partial charge in [-0.15, -0.1) is 10.2 Å². The van der Waals surface area contributed by atoms with E-state index in [2.05, 4.69) is 15.5 Å². The molecule has 9 heteroatoms. The summed E-state index contributed by atoms with van der Waals surface area (Å²) in [6, 6.07) is 12.7. The predicted molar refractivity (Wildman–Crippen MR) is 115 cm³/mol. The number of halogens is 2. The third kappa shape index (κ3) is 4.12. The van der Waals surface area contributed by atoms with Crippen LogP contribution in [0.15, 0.2) is 42.5 Å². The van der Waals surface area contributed by atoms with Gasteiger partial charge in [-0.1, -0.05) is 58.3 Å². The Labute approximate surface area is 181 Å². The van der Waals surface area contributed by atoms with E-state index >= 15 is 0 Å². The zero-order valence-electron chi connectivity index (χ0n) is 15.4. The van der Waals surface area contributed by atoms with E-state index in [0.29, 0.717) is 23.1 Å². The average Bonchev–Trinajstić information content (AvgIpc) is 3.29. The third-order valence-corrected chi connectivity index (χ3v) is 6.30. The summed E-state index contributed by atoms with van der Waals surface area (Å²) in [4.78, 5) is 26.7. The number of anilines is 2. The van der Waals surface area contributed by atoms with E-state index in [1.807, 2.05) is 31.2 Å². The van der Waals surface area contributed by atoms with Crippen molar-refractivity contribution in [2.24, 2.45) is 0 Å². The highest BCUT2D eigenvalue weighted by Crippen LogP contribution is 2.34. The molecule has 148 valence electrons. The fraction of sp³-hybridized carbons (Fsp3) is 0.200. The Morgan fingerprint density at radius 3 is 2.52 bits per heavy atom. The van der Waals surface area contributed by atoms with Crippen LogP contribution in [0.25, 0.3) is 0 Å². The molecule has 1 saturated heterocycles. The number of carbonyl (C=O) groups is 2. The standard InChI is InChI=1S/C20H16Cl2N4O2S/c1-11-5-7-13(8-6-11)26-10-12(9-16(26)27)19-24-25-20(29-19)23-18(28)17-14(21)3-2-4-15(17)22/h2-8,12H,9-10H2,1H3,(H,23,25,28). The topological polar surface area (TPSA) is 75.2 Å². The van der Waals surface area contributed by atoms with Gasteiger partial charge in [0, 0.05) is 24.6 Å². The van der Waals surface area contributed by atoms with Gasteiger partial charge in [-0.05, 0) is 31.2 Å². The lowest BCUT2D eigenvalue weighted by Crippen LogP contribution is -2.24. The minimum atomic E-state index is -0.452. The van der Waals surface area contributed by atoms with Crippen molar-refractivity contribution in [2.45, 2.75) is 19.3 Å². The molecular formula is C20H16Cl2N4O2S. The van der Waals surface area contributed by atoms with Crippen LogP contribution in [0.4, 0.5) is 10.8 Å². The second kappa shape index (κ2) is 8.10. The Kier molecular flexibility index (Phi) is 5.54. The molecule has 2 aromatic carbocycles. The number of rotatable bonds is 4. The summed E-state index contributed by atoms with van der Waals surface area (Å²) in [5, 5.41) is 12.5. The molecular weight excluding hydrogens is 431 g/mol. The highest BCUT2D eigenvalue weighted by atomic mass is 35.5. The number of benzene rings is 2. The molecule has 1 atom stereocenters. The van der Waals surface area contributed by atoms with Crippen molar-refractivity contribution in [1.82, 2.24) is 10.2 Å².